The summed E-state index contributed by atoms with van der Waals surface area (Å²) in [6.07, 6.45) is 4.81. The van der Waals surface area contributed by atoms with Crippen molar-refractivity contribution in [3.63, 3.8) is 0 Å². The summed E-state index contributed by atoms with van der Waals surface area (Å²) in [4.78, 5) is 11.6. The maximum Gasteiger partial charge on any atom is 0.337 e. The van der Waals surface area contributed by atoms with Crippen LogP contribution >= 0.6 is 15.9 Å². The number of carbonyl (C=O) groups is 1. The van der Waals surface area contributed by atoms with E-state index in [2.05, 4.69) is 21.9 Å². The van der Waals surface area contributed by atoms with Crippen LogP contribution in [0.15, 0.2) is 45.8 Å². The van der Waals surface area contributed by atoms with Crippen molar-refractivity contribution in [2.24, 2.45) is 0 Å². The van der Waals surface area contributed by atoms with Crippen molar-refractivity contribution in [3.05, 3.63) is 52.0 Å². The van der Waals surface area contributed by atoms with Crippen LogP contribution in [-0.2, 0) is 10.0 Å². The highest BCUT2D eigenvalue weighted by Crippen LogP contribution is 2.32. The molecular weight excluding hydrogens is 434 g/mol. The number of ether oxygens (including phenoxy) is 1. The Kier molecular flexibility index (Phi) is 6.19. The van der Waals surface area contributed by atoms with E-state index in [0.717, 1.165) is 4.31 Å². The lowest BCUT2D eigenvalue weighted by Crippen LogP contribution is -2.29. The summed E-state index contributed by atoms with van der Waals surface area (Å²) in [5.74, 6) is 1.64. The molecule has 0 heterocycles. The summed E-state index contributed by atoms with van der Waals surface area (Å²) in [7, 11) is -2.65. The lowest BCUT2D eigenvalue weighted by atomic mass is 10.1. The second-order valence-corrected chi connectivity index (χ2v) is 8.68. The number of nitrogens with zero attached hydrogens (tertiary/aromatic N) is 1. The number of aromatic carboxylic acids is 1. The monoisotopic (exact) mass is 451 g/mol. The quantitative estimate of drug-likeness (QED) is 0.677. The van der Waals surface area contributed by atoms with Gasteiger partial charge in [0.05, 0.1) is 16.1 Å². The first-order chi connectivity index (χ1) is 12.6. The normalized spacial score (nSPS) is 12.1. The Balaban J connectivity index is 2.46. The number of rotatable bonds is 6. The zero-order valence-electron chi connectivity index (χ0n) is 14.9. The van der Waals surface area contributed by atoms with Crippen molar-refractivity contribution in [1.82, 2.24) is 0 Å². The molecule has 2 aromatic carbocycles. The molecule has 1 atom stereocenters. The van der Waals surface area contributed by atoms with Crippen LogP contribution in [0.3, 0.4) is 0 Å². The molecule has 2 rings (SSSR count). The smallest absolute Gasteiger partial charge is 0.337 e. The predicted molar refractivity (Wildman–Crippen MR) is 107 cm³/mol. The topological polar surface area (TPSA) is 83.9 Å². The molecule has 6 nitrogen and oxygen atoms in total. The lowest BCUT2D eigenvalue weighted by molar-refractivity contribution is 0.0697. The third-order valence-corrected chi connectivity index (χ3v) is 6.07. The molecule has 0 fully saturated rings. The van der Waals surface area contributed by atoms with Gasteiger partial charge in [-0.3, -0.25) is 4.31 Å². The standard InChI is InChI=1S/C19H18BrNO5S/c1-5-13(3)26-15-6-8-16(9-7-15)27(24,25)21(4)18-12(2)10-14(20)11-17(18)19(22)23/h1,6-11,13H,2-4H3,(H,22,23). The molecule has 2 aromatic rings. The van der Waals surface area contributed by atoms with Crippen LogP contribution < -0.4 is 9.04 Å². The SMILES string of the molecule is C#CC(C)Oc1ccc(S(=O)(=O)N(C)c2c(C)cc(Br)cc2C(=O)O)cc1. The highest BCUT2D eigenvalue weighted by molar-refractivity contribution is 9.10. The van der Waals surface area contributed by atoms with Gasteiger partial charge in [0.15, 0.2) is 6.10 Å². The molecule has 0 saturated heterocycles. The van der Waals surface area contributed by atoms with Crippen molar-refractivity contribution in [2.75, 3.05) is 11.4 Å². The maximum absolute atomic E-state index is 13.0. The molecule has 1 unspecified atom stereocenters. The van der Waals surface area contributed by atoms with Gasteiger partial charge < -0.3 is 9.84 Å². The molecule has 0 spiro atoms. The van der Waals surface area contributed by atoms with Crippen LogP contribution in [-0.4, -0.2) is 32.6 Å². The van der Waals surface area contributed by atoms with Crippen molar-refractivity contribution in [3.8, 4) is 18.1 Å². The van der Waals surface area contributed by atoms with E-state index < -0.39 is 22.1 Å². The van der Waals surface area contributed by atoms with Gasteiger partial charge in [-0.25, -0.2) is 13.2 Å². The molecule has 0 radical (unpaired) electrons. The second kappa shape index (κ2) is 8.03. The second-order valence-electron chi connectivity index (χ2n) is 5.79. The number of carboxylic acids is 1. The first kappa shape index (κ1) is 20.8. The van der Waals surface area contributed by atoms with Gasteiger partial charge in [0.2, 0.25) is 0 Å². The minimum Gasteiger partial charge on any atom is -0.478 e. The van der Waals surface area contributed by atoms with E-state index in [1.165, 1.54) is 37.4 Å². The van der Waals surface area contributed by atoms with E-state index in [4.69, 9.17) is 11.2 Å². The number of aryl methyl sites for hydroxylation is 1. The van der Waals surface area contributed by atoms with E-state index >= 15 is 0 Å². The largest absolute Gasteiger partial charge is 0.478 e. The molecule has 0 aliphatic rings. The van der Waals surface area contributed by atoms with Crippen molar-refractivity contribution < 1.29 is 23.1 Å². The molecule has 1 N–H and O–H groups in total. The molecule has 142 valence electrons. The highest BCUT2D eigenvalue weighted by Gasteiger charge is 2.27. The van der Waals surface area contributed by atoms with E-state index in [0.29, 0.717) is 15.8 Å². The molecule has 8 heteroatoms. The molecular formula is C19H18BrNO5S. The third kappa shape index (κ3) is 4.43. The molecule has 0 aliphatic heterocycles. The average molecular weight is 452 g/mol. The number of hydrogen-bond donors (Lipinski definition) is 1. The molecule has 0 amide bonds. The van der Waals surface area contributed by atoms with Gasteiger partial charge in [-0.15, -0.1) is 6.42 Å². The zero-order valence-corrected chi connectivity index (χ0v) is 17.3. The van der Waals surface area contributed by atoms with E-state index in [-0.39, 0.29) is 16.1 Å². The zero-order chi connectivity index (χ0) is 20.4. The average Bonchev–Trinajstić information content (AvgIpc) is 2.60. The number of halogens is 1. The first-order valence-electron chi connectivity index (χ1n) is 7.83. The number of benzene rings is 2. The molecule has 27 heavy (non-hydrogen) atoms. The van der Waals surface area contributed by atoms with E-state index in [1.807, 2.05) is 0 Å². The Morgan fingerprint density at radius 1 is 1.30 bits per heavy atom. The summed E-state index contributed by atoms with van der Waals surface area (Å²) >= 11 is 3.23. The van der Waals surface area contributed by atoms with Crippen LogP contribution in [0.1, 0.15) is 22.8 Å². The van der Waals surface area contributed by atoms with Crippen LogP contribution in [0.2, 0.25) is 0 Å². The van der Waals surface area contributed by atoms with Gasteiger partial charge in [-0.05, 0) is 55.8 Å². The maximum atomic E-state index is 13.0. The minimum absolute atomic E-state index is 0.00404. The van der Waals surface area contributed by atoms with Crippen LogP contribution in [0.25, 0.3) is 0 Å². The number of terminal acetylenes is 1. The fourth-order valence-electron chi connectivity index (χ4n) is 2.52. The number of hydrogen-bond acceptors (Lipinski definition) is 4. The molecule has 0 bridgehead atoms. The number of anilines is 1. The number of carboxylic acid groups (broad SMARTS) is 1. The van der Waals surface area contributed by atoms with Crippen LogP contribution in [0.5, 0.6) is 5.75 Å². The highest BCUT2D eigenvalue weighted by atomic mass is 79.9. The Labute approximate surface area is 166 Å². The fourth-order valence-corrected chi connectivity index (χ4v) is 4.37. The van der Waals surface area contributed by atoms with Crippen LogP contribution in [0.4, 0.5) is 5.69 Å². The molecule has 0 saturated carbocycles. The Morgan fingerprint density at radius 3 is 2.41 bits per heavy atom. The lowest BCUT2D eigenvalue weighted by Gasteiger charge is -2.23. The molecule has 0 aromatic heterocycles. The summed E-state index contributed by atoms with van der Waals surface area (Å²) in [5.41, 5.74) is 0.498. The van der Waals surface area contributed by atoms with Gasteiger partial charge in [-0.2, -0.15) is 0 Å². The van der Waals surface area contributed by atoms with Gasteiger partial charge in [0.25, 0.3) is 10.0 Å². The summed E-state index contributed by atoms with van der Waals surface area (Å²) in [6, 6.07) is 8.81. The van der Waals surface area contributed by atoms with Crippen molar-refractivity contribution in [2.45, 2.75) is 24.8 Å². The molecule has 0 aliphatic carbocycles. The third-order valence-electron chi connectivity index (χ3n) is 3.84. The summed E-state index contributed by atoms with van der Waals surface area (Å²) < 4.78 is 32.9. The summed E-state index contributed by atoms with van der Waals surface area (Å²) in [5, 5.41) is 9.47. The minimum atomic E-state index is -3.98. The Bertz CT molecular complexity index is 1010. The Hall–Kier alpha value is -2.50. The number of sulfonamides is 1. The van der Waals surface area contributed by atoms with E-state index in [9.17, 15) is 18.3 Å². The van der Waals surface area contributed by atoms with Gasteiger partial charge >= 0.3 is 5.97 Å². The Morgan fingerprint density at radius 2 is 1.89 bits per heavy atom. The van der Waals surface area contributed by atoms with Crippen molar-refractivity contribution in [1.29, 1.82) is 0 Å². The fraction of sp³-hybridized carbons (Fsp3) is 0.211. The van der Waals surface area contributed by atoms with Gasteiger partial charge in [0, 0.05) is 11.5 Å². The first-order valence-corrected chi connectivity index (χ1v) is 10.1. The van der Waals surface area contributed by atoms with Gasteiger partial charge in [0.1, 0.15) is 5.75 Å². The van der Waals surface area contributed by atoms with Crippen molar-refractivity contribution >= 4 is 37.6 Å². The van der Waals surface area contributed by atoms with E-state index in [1.54, 1.807) is 19.9 Å². The predicted octanol–water partition coefficient (Wildman–Crippen LogP) is 3.68. The van der Waals surface area contributed by atoms with Gasteiger partial charge in [-0.1, -0.05) is 21.9 Å². The van der Waals surface area contributed by atoms with Crippen LogP contribution in [0, 0.1) is 19.3 Å². The summed E-state index contributed by atoms with van der Waals surface area (Å²) in [6.45, 7) is 3.35.